The van der Waals surface area contributed by atoms with Gasteiger partial charge in [-0.05, 0) is 25.0 Å². The molecule has 2 heterocycles. The zero-order chi connectivity index (χ0) is 13.9. The first-order valence-corrected chi connectivity index (χ1v) is 7.16. The molecular weight excluding hydrogens is 278 g/mol. The molecule has 1 aliphatic carbocycles. The van der Waals surface area contributed by atoms with Crippen molar-refractivity contribution < 1.29 is 9.21 Å². The van der Waals surface area contributed by atoms with E-state index >= 15 is 0 Å². The van der Waals surface area contributed by atoms with Crippen LogP contribution in [0.25, 0.3) is 0 Å². The van der Waals surface area contributed by atoms with Gasteiger partial charge in [0.05, 0.1) is 17.8 Å². The molecule has 0 bridgehead atoms. The first-order chi connectivity index (χ1) is 9.70. The van der Waals surface area contributed by atoms with Crippen molar-refractivity contribution in [3.05, 3.63) is 41.1 Å². The van der Waals surface area contributed by atoms with Gasteiger partial charge in [-0.1, -0.05) is 24.4 Å². The second-order valence-electron chi connectivity index (χ2n) is 5.08. The lowest BCUT2D eigenvalue weighted by atomic mass is 10.2. The molecule has 20 heavy (non-hydrogen) atoms. The van der Waals surface area contributed by atoms with Crippen LogP contribution in [0.5, 0.6) is 0 Å². The summed E-state index contributed by atoms with van der Waals surface area (Å²) in [6.45, 7) is 0.462. The lowest BCUT2D eigenvalue weighted by Crippen LogP contribution is -2.32. The van der Waals surface area contributed by atoms with Crippen LogP contribution in [0.1, 0.15) is 42.0 Å². The Bertz CT molecular complexity index is 599. The summed E-state index contributed by atoms with van der Waals surface area (Å²) < 4.78 is 7.22. The van der Waals surface area contributed by atoms with E-state index < -0.39 is 0 Å². The minimum absolute atomic E-state index is 0.137. The Hall–Kier alpha value is -1.75. The highest BCUT2D eigenvalue weighted by molar-refractivity contribution is 6.30. The summed E-state index contributed by atoms with van der Waals surface area (Å²) in [5.74, 6) is 0.896. The predicted molar refractivity (Wildman–Crippen MR) is 74.8 cm³/mol. The number of nitrogens with one attached hydrogen (secondary N) is 1. The molecule has 1 aliphatic rings. The Kier molecular flexibility index (Phi) is 3.78. The average Bonchev–Trinajstić information content (AvgIpc) is 3.12. The number of nitrogens with zero attached hydrogens (tertiary/aromatic N) is 2. The Morgan fingerprint density at radius 2 is 2.25 bits per heavy atom. The van der Waals surface area contributed by atoms with Gasteiger partial charge in [-0.25, -0.2) is 0 Å². The van der Waals surface area contributed by atoms with Crippen LogP contribution in [-0.4, -0.2) is 21.7 Å². The van der Waals surface area contributed by atoms with Crippen LogP contribution in [0.4, 0.5) is 0 Å². The standard InChI is InChI=1S/C14H16ClN3O2/c15-10-7-16-18(8-10)9-12-5-6-13(20-12)14(19)17-11-3-1-2-4-11/h5-8,11H,1-4,9H2,(H,17,19). The maximum Gasteiger partial charge on any atom is 0.287 e. The number of halogens is 1. The molecule has 5 nitrogen and oxygen atoms in total. The van der Waals surface area contributed by atoms with Crippen molar-refractivity contribution in [3.8, 4) is 0 Å². The Balaban J connectivity index is 1.62. The number of carbonyl (C=O) groups excluding carboxylic acids is 1. The van der Waals surface area contributed by atoms with E-state index in [4.69, 9.17) is 16.0 Å². The van der Waals surface area contributed by atoms with Crippen LogP contribution in [0.3, 0.4) is 0 Å². The third kappa shape index (κ3) is 3.04. The van der Waals surface area contributed by atoms with E-state index in [9.17, 15) is 4.79 Å². The fourth-order valence-electron chi connectivity index (χ4n) is 2.50. The molecule has 6 heteroatoms. The maximum atomic E-state index is 12.0. The number of furan rings is 1. The monoisotopic (exact) mass is 293 g/mol. The molecule has 0 radical (unpaired) electrons. The Morgan fingerprint density at radius 1 is 1.45 bits per heavy atom. The summed E-state index contributed by atoms with van der Waals surface area (Å²) in [5, 5.41) is 7.65. The highest BCUT2D eigenvalue weighted by Gasteiger charge is 2.19. The topological polar surface area (TPSA) is 60.1 Å². The van der Waals surface area contributed by atoms with Crippen molar-refractivity contribution in [2.75, 3.05) is 0 Å². The summed E-state index contributed by atoms with van der Waals surface area (Å²) in [7, 11) is 0. The van der Waals surface area contributed by atoms with Crippen LogP contribution in [0.15, 0.2) is 28.9 Å². The largest absolute Gasteiger partial charge is 0.454 e. The molecule has 0 saturated heterocycles. The van der Waals surface area contributed by atoms with Gasteiger partial charge in [0.15, 0.2) is 5.76 Å². The van der Waals surface area contributed by atoms with Crippen molar-refractivity contribution in [3.63, 3.8) is 0 Å². The number of rotatable bonds is 4. The summed E-state index contributed by atoms with van der Waals surface area (Å²) in [6, 6.07) is 3.78. The molecule has 0 unspecified atom stereocenters. The van der Waals surface area contributed by atoms with E-state index in [0.717, 1.165) is 12.8 Å². The third-order valence-electron chi connectivity index (χ3n) is 3.50. The van der Waals surface area contributed by atoms with E-state index in [2.05, 4.69) is 10.4 Å². The van der Waals surface area contributed by atoms with E-state index in [0.29, 0.717) is 29.1 Å². The highest BCUT2D eigenvalue weighted by atomic mass is 35.5. The van der Waals surface area contributed by atoms with Gasteiger partial charge in [0.2, 0.25) is 0 Å². The second kappa shape index (κ2) is 5.71. The second-order valence-corrected chi connectivity index (χ2v) is 5.51. The van der Waals surface area contributed by atoms with Gasteiger partial charge >= 0.3 is 0 Å². The lowest BCUT2D eigenvalue weighted by Gasteiger charge is -2.09. The minimum Gasteiger partial charge on any atom is -0.454 e. The van der Waals surface area contributed by atoms with Gasteiger partial charge in [0, 0.05) is 12.2 Å². The molecule has 0 atom stereocenters. The maximum absolute atomic E-state index is 12.0. The van der Waals surface area contributed by atoms with Crippen molar-refractivity contribution in [2.24, 2.45) is 0 Å². The van der Waals surface area contributed by atoms with Gasteiger partial charge in [-0.3, -0.25) is 9.48 Å². The molecule has 1 amide bonds. The summed E-state index contributed by atoms with van der Waals surface area (Å²) in [4.78, 5) is 12.0. The number of hydrogen-bond donors (Lipinski definition) is 1. The van der Waals surface area contributed by atoms with Gasteiger partial charge < -0.3 is 9.73 Å². The molecule has 0 aromatic carbocycles. The van der Waals surface area contributed by atoms with Gasteiger partial charge in [0.1, 0.15) is 5.76 Å². The first kappa shape index (κ1) is 13.2. The number of aromatic nitrogens is 2. The molecule has 1 N–H and O–H groups in total. The summed E-state index contributed by atoms with van der Waals surface area (Å²) >= 11 is 5.80. The molecule has 2 aromatic rings. The summed E-state index contributed by atoms with van der Waals surface area (Å²) in [6.07, 6.45) is 7.78. The van der Waals surface area contributed by atoms with Crippen molar-refractivity contribution in [1.29, 1.82) is 0 Å². The normalized spacial score (nSPS) is 15.7. The molecule has 1 saturated carbocycles. The van der Waals surface area contributed by atoms with Gasteiger partial charge in [0.25, 0.3) is 5.91 Å². The zero-order valence-electron chi connectivity index (χ0n) is 11.0. The van der Waals surface area contributed by atoms with E-state index in [1.54, 1.807) is 29.2 Å². The Labute approximate surface area is 121 Å². The lowest BCUT2D eigenvalue weighted by molar-refractivity contribution is 0.0907. The average molecular weight is 294 g/mol. The van der Waals surface area contributed by atoms with Crippen LogP contribution in [0, 0.1) is 0 Å². The first-order valence-electron chi connectivity index (χ1n) is 6.78. The van der Waals surface area contributed by atoms with Crippen LogP contribution in [0.2, 0.25) is 5.02 Å². The number of amides is 1. The quantitative estimate of drug-likeness (QED) is 0.943. The molecule has 2 aromatic heterocycles. The fraction of sp³-hybridized carbons (Fsp3) is 0.429. The highest BCUT2D eigenvalue weighted by Crippen LogP contribution is 2.18. The fourth-order valence-corrected chi connectivity index (χ4v) is 2.65. The predicted octanol–water partition coefficient (Wildman–Crippen LogP) is 2.85. The van der Waals surface area contributed by atoms with Crippen LogP contribution >= 0.6 is 11.6 Å². The SMILES string of the molecule is O=C(NC1CCCC1)c1ccc(Cn2cc(Cl)cn2)o1. The van der Waals surface area contributed by atoms with Crippen LogP contribution in [-0.2, 0) is 6.54 Å². The van der Waals surface area contributed by atoms with Crippen molar-refractivity contribution in [2.45, 2.75) is 38.3 Å². The van der Waals surface area contributed by atoms with E-state index in [1.165, 1.54) is 12.8 Å². The number of carbonyl (C=O) groups is 1. The van der Waals surface area contributed by atoms with Crippen molar-refractivity contribution >= 4 is 17.5 Å². The van der Waals surface area contributed by atoms with Crippen molar-refractivity contribution in [1.82, 2.24) is 15.1 Å². The summed E-state index contributed by atoms with van der Waals surface area (Å²) in [5.41, 5.74) is 0. The smallest absolute Gasteiger partial charge is 0.287 e. The van der Waals surface area contributed by atoms with E-state index in [-0.39, 0.29) is 5.91 Å². The third-order valence-corrected chi connectivity index (χ3v) is 3.69. The molecular formula is C14H16ClN3O2. The molecule has 0 spiro atoms. The molecule has 3 rings (SSSR count). The van der Waals surface area contributed by atoms with Gasteiger partial charge in [-0.15, -0.1) is 0 Å². The molecule has 1 fully saturated rings. The minimum atomic E-state index is -0.137. The Morgan fingerprint density at radius 3 is 2.95 bits per heavy atom. The molecule has 0 aliphatic heterocycles. The number of hydrogen-bond acceptors (Lipinski definition) is 3. The zero-order valence-corrected chi connectivity index (χ0v) is 11.8. The van der Waals surface area contributed by atoms with Gasteiger partial charge in [-0.2, -0.15) is 5.10 Å². The van der Waals surface area contributed by atoms with E-state index in [1.807, 2.05) is 0 Å². The molecule has 106 valence electrons. The van der Waals surface area contributed by atoms with Crippen LogP contribution < -0.4 is 5.32 Å².